The number of allylic oxidation sites excluding steroid dienone is 1. The molecule has 1 aromatic carbocycles. The van der Waals surface area contributed by atoms with E-state index in [2.05, 4.69) is 60.3 Å². The van der Waals surface area contributed by atoms with Crippen molar-refractivity contribution in [3.63, 3.8) is 0 Å². The number of aliphatic hydroxyl groups is 1. The highest BCUT2D eigenvalue weighted by Crippen LogP contribution is 2.33. The standard InChI is InChI=1S/C12H14N2OS.C11H22FN5O.C10H19NO2/c1-9-12(16-8-14-9)11-4-2-10(3-5-11)6-13-7-15;12-14-11(18)9-15-3-5-17(6-4-15)10-7-16(8-10)2-1-13;1-10(2,3)6-9(13)11-5-4-8(12)7-11/h2-5,7,14H,6,8H2,1H3,(H,13,15);10H,1-9,13H2,(H,14,18);8,12H,4-7H2,1-3H3. The van der Waals surface area contributed by atoms with Crippen LogP contribution in [0.4, 0.5) is 4.48 Å². The van der Waals surface area contributed by atoms with Gasteiger partial charge in [-0.1, -0.05) is 45.0 Å². The van der Waals surface area contributed by atoms with E-state index >= 15 is 0 Å². The van der Waals surface area contributed by atoms with Crippen molar-refractivity contribution in [2.75, 3.05) is 77.9 Å². The maximum Gasteiger partial charge on any atom is 0.261 e. The molecule has 1 aromatic rings. The molecule has 4 aliphatic heterocycles. The van der Waals surface area contributed by atoms with Crippen molar-refractivity contribution >= 4 is 34.9 Å². The summed E-state index contributed by atoms with van der Waals surface area (Å²) >= 11 is 1.82. The number of carbonyl (C=O) groups is 3. The van der Waals surface area contributed by atoms with Crippen molar-refractivity contribution in [3.8, 4) is 0 Å². The average molecular weight is 679 g/mol. The fraction of sp³-hybridized carbons (Fsp3) is 0.667. The smallest absolute Gasteiger partial charge is 0.261 e. The maximum atomic E-state index is 11.9. The molecule has 0 radical (unpaired) electrons. The molecule has 6 N–H and O–H groups in total. The second kappa shape index (κ2) is 19.3. The van der Waals surface area contributed by atoms with Gasteiger partial charge < -0.3 is 26.4 Å². The van der Waals surface area contributed by atoms with Gasteiger partial charge in [-0.3, -0.25) is 29.1 Å². The summed E-state index contributed by atoms with van der Waals surface area (Å²) in [6, 6.07) is 8.92. The van der Waals surface area contributed by atoms with E-state index in [-0.39, 0.29) is 24.0 Å². The second-order valence-corrected chi connectivity index (χ2v) is 14.7. The van der Waals surface area contributed by atoms with Crippen LogP contribution >= 0.6 is 11.8 Å². The van der Waals surface area contributed by atoms with Gasteiger partial charge in [0.15, 0.2) is 0 Å². The topological polar surface area (TPSA) is 147 Å². The average Bonchev–Trinajstić information content (AvgIpc) is 3.66. The van der Waals surface area contributed by atoms with E-state index in [1.807, 2.05) is 28.8 Å². The summed E-state index contributed by atoms with van der Waals surface area (Å²) in [5.74, 6) is 0.570. The number of hydrogen-bond acceptors (Lipinski definition) is 10. The lowest BCUT2D eigenvalue weighted by Crippen LogP contribution is -2.63. The van der Waals surface area contributed by atoms with Crippen LogP contribution in [0.3, 0.4) is 0 Å². The molecule has 0 aromatic heterocycles. The van der Waals surface area contributed by atoms with Crippen LogP contribution in [-0.4, -0.2) is 133 Å². The molecule has 0 aliphatic carbocycles. The largest absolute Gasteiger partial charge is 0.391 e. The molecule has 0 bridgehead atoms. The summed E-state index contributed by atoms with van der Waals surface area (Å²) in [6.07, 6.45) is 1.72. The van der Waals surface area contributed by atoms with E-state index in [0.717, 1.165) is 83.2 Å². The Kier molecular flexibility index (Phi) is 15.9. The Balaban J connectivity index is 0.000000194. The van der Waals surface area contributed by atoms with Gasteiger partial charge >= 0.3 is 0 Å². The third-order valence-corrected chi connectivity index (χ3v) is 9.60. The number of β-amino-alcohol motifs (C(OH)–C–C–N with tert-alkyl or cyclic N) is 1. The summed E-state index contributed by atoms with van der Waals surface area (Å²) in [6.45, 7) is 17.7. The molecule has 5 rings (SSSR count). The number of thioether (sulfide) groups is 1. The maximum absolute atomic E-state index is 11.9. The first-order valence-electron chi connectivity index (χ1n) is 16.5. The first-order valence-corrected chi connectivity index (χ1v) is 17.5. The zero-order valence-corrected chi connectivity index (χ0v) is 29.3. The number of nitrogens with two attached hydrogens (primary N) is 1. The van der Waals surface area contributed by atoms with Gasteiger partial charge in [0, 0.05) is 95.1 Å². The minimum atomic E-state index is -0.554. The lowest BCUT2D eigenvalue weighted by molar-refractivity contribution is -0.132. The Hall–Kier alpha value is -2.75. The zero-order valence-electron chi connectivity index (χ0n) is 28.5. The summed E-state index contributed by atoms with van der Waals surface area (Å²) in [7, 11) is 0. The number of rotatable bonds is 10. The molecule has 12 nitrogen and oxygen atoms in total. The van der Waals surface area contributed by atoms with Crippen LogP contribution in [0.15, 0.2) is 30.0 Å². The fourth-order valence-electron chi connectivity index (χ4n) is 5.83. The number of piperazine rings is 1. The first-order chi connectivity index (χ1) is 22.4. The van der Waals surface area contributed by atoms with Crippen molar-refractivity contribution < 1.29 is 24.0 Å². The molecule has 264 valence electrons. The second-order valence-electron chi connectivity index (χ2n) is 13.7. The van der Waals surface area contributed by atoms with Gasteiger partial charge in [0.05, 0.1) is 18.5 Å². The molecule has 14 heteroatoms. The normalized spacial score (nSPS) is 20.7. The van der Waals surface area contributed by atoms with Crippen molar-refractivity contribution in [1.29, 1.82) is 0 Å². The van der Waals surface area contributed by atoms with Gasteiger partial charge in [0.25, 0.3) is 5.91 Å². The summed E-state index contributed by atoms with van der Waals surface area (Å²) in [5.41, 5.74) is 10.3. The van der Waals surface area contributed by atoms with Gasteiger partial charge in [-0.05, 0) is 29.9 Å². The van der Waals surface area contributed by atoms with E-state index < -0.39 is 5.91 Å². The molecule has 1 atom stereocenters. The van der Waals surface area contributed by atoms with Crippen LogP contribution in [0, 0.1) is 5.41 Å². The lowest BCUT2D eigenvalue weighted by atomic mass is 9.92. The van der Waals surface area contributed by atoms with E-state index in [0.29, 0.717) is 25.6 Å². The Morgan fingerprint density at radius 2 is 1.77 bits per heavy atom. The molecule has 0 spiro atoms. The van der Waals surface area contributed by atoms with Gasteiger partial charge in [-0.2, -0.15) is 5.54 Å². The SMILES string of the molecule is CC(C)(C)CC(=O)N1CCC(O)C1.CC1=C(c2ccc(CNC=O)cc2)SCN1.NCCN1CC(N2CCN(CC(=O)NF)CC2)C1. The van der Waals surface area contributed by atoms with Crippen LogP contribution in [0.25, 0.3) is 4.91 Å². The Bertz CT molecular complexity index is 1170. The van der Waals surface area contributed by atoms with Crippen molar-refractivity contribution in [2.45, 2.75) is 59.2 Å². The highest BCUT2D eigenvalue weighted by atomic mass is 32.2. The van der Waals surface area contributed by atoms with Crippen molar-refractivity contribution in [2.24, 2.45) is 11.1 Å². The number of carbonyl (C=O) groups excluding carboxylic acids is 3. The molecule has 4 aliphatic rings. The molecule has 3 saturated heterocycles. The molecule has 0 saturated carbocycles. The fourth-order valence-corrected chi connectivity index (χ4v) is 6.85. The van der Waals surface area contributed by atoms with Crippen LogP contribution in [0.1, 0.15) is 51.7 Å². The van der Waals surface area contributed by atoms with Crippen LogP contribution < -0.4 is 21.9 Å². The Morgan fingerprint density at radius 3 is 2.28 bits per heavy atom. The lowest BCUT2D eigenvalue weighted by Gasteiger charge is -2.48. The number of likely N-dealkylation sites (tertiary alicyclic amines) is 2. The van der Waals surface area contributed by atoms with Gasteiger partial charge in [0.2, 0.25) is 12.3 Å². The number of benzene rings is 1. The summed E-state index contributed by atoms with van der Waals surface area (Å²) < 4.78 is 11.9. The van der Waals surface area contributed by atoms with Crippen LogP contribution in [-0.2, 0) is 20.9 Å². The minimum Gasteiger partial charge on any atom is -0.391 e. The molecule has 4 heterocycles. The van der Waals surface area contributed by atoms with Crippen LogP contribution in [0.5, 0.6) is 0 Å². The Morgan fingerprint density at radius 1 is 1.09 bits per heavy atom. The summed E-state index contributed by atoms with van der Waals surface area (Å²) in [4.78, 5) is 42.6. The third kappa shape index (κ3) is 13.3. The van der Waals surface area contributed by atoms with Gasteiger partial charge in [-0.25, -0.2) is 0 Å². The Labute approximate surface area is 283 Å². The quantitative estimate of drug-likeness (QED) is 0.181. The third-order valence-electron chi connectivity index (χ3n) is 8.48. The predicted octanol–water partition coefficient (Wildman–Crippen LogP) is 1.18. The molecule has 1 unspecified atom stereocenters. The van der Waals surface area contributed by atoms with E-state index in [4.69, 9.17) is 5.73 Å². The molecular formula is C33H55FN8O4S. The zero-order chi connectivity index (χ0) is 34.4. The van der Waals surface area contributed by atoms with Crippen molar-refractivity contribution in [1.82, 2.24) is 35.8 Å². The molecular weight excluding hydrogens is 623 g/mol. The molecule has 3 amide bonds. The first kappa shape index (κ1) is 38.7. The highest BCUT2D eigenvalue weighted by molar-refractivity contribution is 8.08. The van der Waals surface area contributed by atoms with Crippen molar-refractivity contribution in [3.05, 3.63) is 41.1 Å². The number of nitrogens with zero attached hydrogens (tertiary/aromatic N) is 4. The number of nitrogens with one attached hydrogen (secondary N) is 3. The number of aliphatic hydroxyl groups excluding tert-OH is 1. The van der Waals surface area contributed by atoms with Crippen LogP contribution in [0.2, 0.25) is 0 Å². The molecule has 47 heavy (non-hydrogen) atoms. The number of hydrogen-bond donors (Lipinski definition) is 5. The van der Waals surface area contributed by atoms with E-state index in [1.165, 1.54) is 21.7 Å². The van der Waals surface area contributed by atoms with E-state index in [9.17, 15) is 24.0 Å². The number of amides is 3. The summed E-state index contributed by atoms with van der Waals surface area (Å²) in [5, 5.41) is 15.2. The highest BCUT2D eigenvalue weighted by Gasteiger charge is 2.33. The minimum absolute atomic E-state index is 0.0463. The monoisotopic (exact) mass is 678 g/mol. The van der Waals surface area contributed by atoms with E-state index in [1.54, 1.807) is 4.90 Å². The molecule has 3 fully saturated rings. The number of halogens is 1. The van der Waals surface area contributed by atoms with Gasteiger partial charge in [0.1, 0.15) is 0 Å². The van der Waals surface area contributed by atoms with Gasteiger partial charge in [-0.15, -0.1) is 16.2 Å². The predicted molar refractivity (Wildman–Crippen MR) is 185 cm³/mol.